The van der Waals surface area contributed by atoms with Crippen molar-refractivity contribution in [3.63, 3.8) is 0 Å². The van der Waals surface area contributed by atoms with E-state index in [4.69, 9.17) is 0 Å². The Morgan fingerprint density at radius 2 is 1.70 bits per heavy atom. The molecule has 5 rings (SSSR count). The van der Waals surface area contributed by atoms with E-state index < -0.39 is 17.6 Å². The molecule has 0 radical (unpaired) electrons. The van der Waals surface area contributed by atoms with E-state index in [-0.39, 0.29) is 34.7 Å². The lowest BCUT2D eigenvalue weighted by atomic mass is 9.91. The molecule has 1 aromatic heterocycles. The van der Waals surface area contributed by atoms with Gasteiger partial charge in [-0.05, 0) is 56.2 Å². The van der Waals surface area contributed by atoms with Gasteiger partial charge in [-0.25, -0.2) is 0 Å². The number of hydrogen-bond donors (Lipinski definition) is 3. The lowest BCUT2D eigenvalue weighted by molar-refractivity contribution is -0.137. The molecule has 0 aliphatic carbocycles. The summed E-state index contributed by atoms with van der Waals surface area (Å²) in [5.74, 6) is -0.604. The summed E-state index contributed by atoms with van der Waals surface area (Å²) in [5.41, 5.74) is 2.08. The molecule has 2 aliphatic heterocycles. The third-order valence-corrected chi connectivity index (χ3v) is 6.70. The van der Waals surface area contributed by atoms with Crippen LogP contribution in [0.5, 0.6) is 0 Å². The molecule has 9 heteroatoms. The molecular formula is C28H27F3N4O2. The van der Waals surface area contributed by atoms with E-state index in [1.165, 1.54) is 18.2 Å². The first-order valence-electron chi connectivity index (χ1n) is 12.1. The fraction of sp³-hybridized carbons (Fsp3) is 0.286. The summed E-state index contributed by atoms with van der Waals surface area (Å²) in [6, 6.07) is 12.2. The highest BCUT2D eigenvalue weighted by Crippen LogP contribution is 2.44. The summed E-state index contributed by atoms with van der Waals surface area (Å²) in [6.45, 7) is 6.94. The summed E-state index contributed by atoms with van der Waals surface area (Å²) in [7, 11) is 0. The minimum absolute atomic E-state index is 0.0167. The first-order chi connectivity index (χ1) is 17.5. The van der Waals surface area contributed by atoms with Gasteiger partial charge in [0.15, 0.2) is 0 Å². The molecule has 1 fully saturated rings. The molecular weight excluding hydrogens is 481 g/mol. The maximum Gasteiger partial charge on any atom is 0.417 e. The van der Waals surface area contributed by atoms with Crippen LogP contribution in [-0.2, 0) is 11.0 Å². The van der Waals surface area contributed by atoms with Crippen LogP contribution in [0.3, 0.4) is 0 Å². The van der Waals surface area contributed by atoms with Crippen LogP contribution in [0.1, 0.15) is 46.7 Å². The van der Waals surface area contributed by atoms with E-state index in [1.807, 2.05) is 20.8 Å². The van der Waals surface area contributed by atoms with Crippen LogP contribution in [-0.4, -0.2) is 46.9 Å². The van der Waals surface area contributed by atoms with Crippen molar-refractivity contribution >= 4 is 29.2 Å². The number of aromatic nitrogens is 1. The van der Waals surface area contributed by atoms with Gasteiger partial charge >= 0.3 is 6.18 Å². The molecule has 0 spiro atoms. The number of carbonyl (C=O) groups excluding carboxylic acids is 2. The first kappa shape index (κ1) is 24.8. The summed E-state index contributed by atoms with van der Waals surface area (Å²) < 4.78 is 41.5. The number of H-pyrrole nitrogens is 1. The van der Waals surface area contributed by atoms with Gasteiger partial charge in [0.1, 0.15) is 0 Å². The Morgan fingerprint density at radius 3 is 2.41 bits per heavy atom. The first-order valence-corrected chi connectivity index (χ1v) is 12.1. The highest BCUT2D eigenvalue weighted by Gasteiger charge is 2.36. The fourth-order valence-corrected chi connectivity index (χ4v) is 5.29. The van der Waals surface area contributed by atoms with E-state index in [2.05, 4.69) is 15.6 Å². The standard InChI is InChI=1S/C28H27F3N4O2/c1-15-11-20(27(37)35-13-16(2)32-17(3)14-35)24(33-15)12-21-25-19(8-6-10-23(25)34-26(21)36)18-7-4-5-9-22(18)28(29,30)31/h4-12,16-17,32-33H,13-14H2,1-3H3,(H,34,36). The van der Waals surface area contributed by atoms with Gasteiger partial charge in [0, 0.05) is 42.1 Å². The summed E-state index contributed by atoms with van der Waals surface area (Å²) in [6.07, 6.45) is -3.00. The van der Waals surface area contributed by atoms with Gasteiger partial charge in [-0.3, -0.25) is 9.59 Å². The molecule has 2 aliphatic rings. The molecule has 2 atom stereocenters. The van der Waals surface area contributed by atoms with Crippen molar-refractivity contribution in [1.82, 2.24) is 15.2 Å². The van der Waals surface area contributed by atoms with Gasteiger partial charge in [-0.1, -0.05) is 30.3 Å². The molecule has 3 heterocycles. The zero-order valence-electron chi connectivity index (χ0n) is 20.7. The molecule has 3 N–H and O–H groups in total. The molecule has 0 bridgehead atoms. The number of aryl methyl sites for hydroxylation is 1. The third kappa shape index (κ3) is 4.67. The fourth-order valence-electron chi connectivity index (χ4n) is 5.29. The molecule has 2 aromatic carbocycles. The topological polar surface area (TPSA) is 77.2 Å². The van der Waals surface area contributed by atoms with Crippen LogP contribution >= 0.6 is 0 Å². The minimum Gasteiger partial charge on any atom is -0.358 e. The second kappa shape index (κ2) is 9.23. The Balaban J connectivity index is 1.61. The maximum atomic E-state index is 13.8. The summed E-state index contributed by atoms with van der Waals surface area (Å²) >= 11 is 0. The van der Waals surface area contributed by atoms with Crippen LogP contribution in [0.4, 0.5) is 18.9 Å². The number of benzene rings is 2. The van der Waals surface area contributed by atoms with Crippen molar-refractivity contribution in [3.8, 4) is 11.1 Å². The summed E-state index contributed by atoms with van der Waals surface area (Å²) in [4.78, 5) is 31.5. The Bertz CT molecular complexity index is 1410. The number of amides is 2. The van der Waals surface area contributed by atoms with Gasteiger partial charge in [-0.15, -0.1) is 0 Å². The number of anilines is 1. The van der Waals surface area contributed by atoms with Crippen molar-refractivity contribution in [1.29, 1.82) is 0 Å². The highest BCUT2D eigenvalue weighted by atomic mass is 19.4. The lowest BCUT2D eigenvalue weighted by Crippen LogP contribution is -2.55. The van der Waals surface area contributed by atoms with Crippen molar-refractivity contribution < 1.29 is 22.8 Å². The predicted molar refractivity (Wildman–Crippen MR) is 137 cm³/mol. The Labute approximate surface area is 212 Å². The van der Waals surface area contributed by atoms with Gasteiger partial charge in [0.05, 0.1) is 22.4 Å². The number of hydrogen-bond acceptors (Lipinski definition) is 3. The number of alkyl halides is 3. The second-order valence-electron chi connectivity index (χ2n) is 9.74. The third-order valence-electron chi connectivity index (χ3n) is 6.70. The molecule has 192 valence electrons. The van der Waals surface area contributed by atoms with Crippen molar-refractivity contribution in [2.45, 2.75) is 39.0 Å². The lowest BCUT2D eigenvalue weighted by Gasteiger charge is -2.36. The van der Waals surface area contributed by atoms with Crippen molar-refractivity contribution in [2.75, 3.05) is 18.4 Å². The predicted octanol–water partition coefficient (Wildman–Crippen LogP) is 5.32. The van der Waals surface area contributed by atoms with Crippen LogP contribution < -0.4 is 10.6 Å². The molecule has 37 heavy (non-hydrogen) atoms. The molecule has 2 amide bonds. The molecule has 3 aromatic rings. The van der Waals surface area contributed by atoms with Crippen LogP contribution in [0.25, 0.3) is 22.8 Å². The zero-order valence-corrected chi connectivity index (χ0v) is 20.7. The normalized spacial score (nSPS) is 20.8. The van der Waals surface area contributed by atoms with E-state index >= 15 is 0 Å². The van der Waals surface area contributed by atoms with Crippen LogP contribution in [0, 0.1) is 6.92 Å². The smallest absolute Gasteiger partial charge is 0.358 e. The number of piperazine rings is 1. The molecule has 1 saturated heterocycles. The number of nitrogens with one attached hydrogen (secondary N) is 3. The number of rotatable bonds is 3. The second-order valence-corrected chi connectivity index (χ2v) is 9.74. The average molecular weight is 509 g/mol. The SMILES string of the molecule is Cc1cc(C(=O)N2CC(C)NC(C)C2)c(C=C2C(=O)Nc3cccc(-c4ccccc4C(F)(F)F)c32)[nH]1. The van der Waals surface area contributed by atoms with Crippen molar-refractivity contribution in [2.24, 2.45) is 0 Å². The Hall–Kier alpha value is -3.85. The van der Waals surface area contributed by atoms with E-state index in [0.717, 1.165) is 11.8 Å². The number of aromatic amines is 1. The van der Waals surface area contributed by atoms with Gasteiger partial charge in [-0.2, -0.15) is 13.2 Å². The molecule has 2 unspecified atom stereocenters. The van der Waals surface area contributed by atoms with E-state index in [9.17, 15) is 22.8 Å². The highest BCUT2D eigenvalue weighted by molar-refractivity contribution is 6.36. The van der Waals surface area contributed by atoms with Gasteiger partial charge < -0.3 is 20.5 Å². The minimum atomic E-state index is -4.56. The average Bonchev–Trinajstić information content (AvgIpc) is 3.36. The largest absolute Gasteiger partial charge is 0.417 e. The monoisotopic (exact) mass is 508 g/mol. The molecule has 6 nitrogen and oxygen atoms in total. The zero-order chi connectivity index (χ0) is 26.5. The van der Waals surface area contributed by atoms with E-state index in [1.54, 1.807) is 35.2 Å². The number of nitrogens with zero attached hydrogens (tertiary/aromatic N) is 1. The van der Waals surface area contributed by atoms with Gasteiger partial charge in [0.2, 0.25) is 0 Å². The molecule has 0 saturated carbocycles. The number of carbonyl (C=O) groups is 2. The number of fused-ring (bicyclic) bond motifs is 1. The Kier molecular flexibility index (Phi) is 6.19. The van der Waals surface area contributed by atoms with Gasteiger partial charge in [0.25, 0.3) is 11.8 Å². The van der Waals surface area contributed by atoms with Crippen molar-refractivity contribution in [3.05, 3.63) is 76.6 Å². The van der Waals surface area contributed by atoms with E-state index in [0.29, 0.717) is 35.6 Å². The summed E-state index contributed by atoms with van der Waals surface area (Å²) in [5, 5.41) is 6.16. The maximum absolute atomic E-state index is 13.8. The Morgan fingerprint density at radius 1 is 1.03 bits per heavy atom. The quantitative estimate of drug-likeness (QED) is 0.419. The number of halogens is 3. The van der Waals surface area contributed by atoms with Crippen LogP contribution in [0.2, 0.25) is 0 Å². The van der Waals surface area contributed by atoms with Crippen LogP contribution in [0.15, 0.2) is 48.5 Å².